The summed E-state index contributed by atoms with van der Waals surface area (Å²) in [5, 5.41) is 5.94. The Kier molecular flexibility index (Phi) is 6.46. The summed E-state index contributed by atoms with van der Waals surface area (Å²) in [4.78, 5) is 12.4. The Morgan fingerprint density at radius 1 is 1.12 bits per heavy atom. The van der Waals surface area contributed by atoms with Crippen molar-refractivity contribution in [2.45, 2.75) is 63.9 Å². The van der Waals surface area contributed by atoms with Gasteiger partial charge in [-0.1, -0.05) is 12.5 Å². The van der Waals surface area contributed by atoms with Crippen molar-refractivity contribution in [1.82, 2.24) is 9.62 Å². The summed E-state index contributed by atoms with van der Waals surface area (Å²) in [6.07, 6.45) is 2.89. The number of aryl methyl sites for hydroxylation is 1. The molecule has 1 saturated heterocycles. The lowest BCUT2D eigenvalue weighted by atomic mass is 10.2. The second kappa shape index (κ2) is 8.19. The summed E-state index contributed by atoms with van der Waals surface area (Å²) in [6, 6.07) is 4.84. The first-order chi connectivity index (χ1) is 11.7. The van der Waals surface area contributed by atoms with Crippen molar-refractivity contribution in [3.8, 4) is 0 Å². The molecule has 1 unspecified atom stereocenters. The highest BCUT2D eigenvalue weighted by atomic mass is 32.2. The molecule has 1 amide bonds. The van der Waals surface area contributed by atoms with Crippen LogP contribution in [0.5, 0.6) is 0 Å². The zero-order valence-electron chi connectivity index (χ0n) is 15.5. The maximum Gasteiger partial charge on any atom is 0.243 e. The number of carbonyl (C=O) groups excluding carboxylic acids is 1. The molecule has 1 aliphatic heterocycles. The van der Waals surface area contributed by atoms with Crippen LogP contribution in [0.4, 0.5) is 5.69 Å². The first-order valence-electron chi connectivity index (χ1n) is 8.89. The molecule has 0 aromatic heterocycles. The van der Waals surface area contributed by atoms with Crippen molar-refractivity contribution in [2.75, 3.05) is 18.4 Å². The quantitative estimate of drug-likeness (QED) is 0.810. The van der Waals surface area contributed by atoms with E-state index in [4.69, 9.17) is 0 Å². The van der Waals surface area contributed by atoms with Crippen molar-refractivity contribution < 1.29 is 13.2 Å². The number of carbonyl (C=O) groups is 1. The third-order valence-corrected chi connectivity index (χ3v) is 6.37. The molecule has 1 fully saturated rings. The molecule has 7 heteroatoms. The largest absolute Gasteiger partial charge is 0.374 e. The Bertz CT molecular complexity index is 710. The highest BCUT2D eigenvalue weighted by molar-refractivity contribution is 7.89. The van der Waals surface area contributed by atoms with Crippen LogP contribution < -0.4 is 10.6 Å². The van der Waals surface area contributed by atoms with Crippen LogP contribution >= 0.6 is 0 Å². The fourth-order valence-electron chi connectivity index (χ4n) is 2.94. The molecule has 0 aliphatic carbocycles. The predicted molar refractivity (Wildman–Crippen MR) is 100 cm³/mol. The lowest BCUT2D eigenvalue weighted by Crippen LogP contribution is -2.41. The molecule has 25 heavy (non-hydrogen) atoms. The van der Waals surface area contributed by atoms with E-state index < -0.39 is 16.1 Å². The maximum absolute atomic E-state index is 12.9. The average Bonchev–Trinajstić information content (AvgIpc) is 2.56. The predicted octanol–water partition coefficient (Wildman–Crippen LogP) is 2.49. The summed E-state index contributed by atoms with van der Waals surface area (Å²) in [5.74, 6) is -0.115. The normalized spacial score (nSPS) is 17.3. The van der Waals surface area contributed by atoms with E-state index in [1.165, 1.54) is 0 Å². The molecule has 140 valence electrons. The summed E-state index contributed by atoms with van der Waals surface area (Å²) in [5.41, 5.74) is 1.35. The van der Waals surface area contributed by atoms with Crippen LogP contribution in [0.15, 0.2) is 23.1 Å². The van der Waals surface area contributed by atoms with Gasteiger partial charge in [-0.05, 0) is 58.2 Å². The highest BCUT2D eigenvalue weighted by Crippen LogP contribution is 2.26. The SMILES string of the molecule is Cc1ccc(NC(C)C(=O)NC(C)C)cc1S(=O)(=O)N1CCCCC1. The van der Waals surface area contributed by atoms with Crippen molar-refractivity contribution in [3.63, 3.8) is 0 Å². The molecule has 0 bridgehead atoms. The summed E-state index contributed by atoms with van der Waals surface area (Å²) in [6.45, 7) is 8.52. The zero-order valence-corrected chi connectivity index (χ0v) is 16.3. The summed E-state index contributed by atoms with van der Waals surface area (Å²) < 4.78 is 27.5. The third-order valence-electron chi connectivity index (χ3n) is 4.33. The molecule has 0 saturated carbocycles. The van der Waals surface area contributed by atoms with Gasteiger partial charge in [0.05, 0.1) is 4.90 Å². The van der Waals surface area contributed by atoms with Crippen molar-refractivity contribution >= 4 is 21.6 Å². The Balaban J connectivity index is 2.21. The van der Waals surface area contributed by atoms with Crippen LogP contribution in [-0.2, 0) is 14.8 Å². The van der Waals surface area contributed by atoms with Crippen LogP contribution in [0.3, 0.4) is 0 Å². The fraction of sp³-hybridized carbons (Fsp3) is 0.611. The first kappa shape index (κ1) is 19.7. The molecule has 1 aromatic rings. The number of nitrogens with one attached hydrogen (secondary N) is 2. The summed E-state index contributed by atoms with van der Waals surface area (Å²) in [7, 11) is -3.50. The molecule has 1 aromatic carbocycles. The van der Waals surface area contributed by atoms with Gasteiger partial charge in [-0.3, -0.25) is 4.79 Å². The summed E-state index contributed by atoms with van der Waals surface area (Å²) >= 11 is 0. The minimum Gasteiger partial charge on any atom is -0.374 e. The van der Waals surface area contributed by atoms with Gasteiger partial charge in [-0.15, -0.1) is 0 Å². The smallest absolute Gasteiger partial charge is 0.243 e. The second-order valence-electron chi connectivity index (χ2n) is 6.97. The van der Waals surface area contributed by atoms with Crippen LogP contribution in [0.2, 0.25) is 0 Å². The Hall–Kier alpha value is -1.60. The van der Waals surface area contributed by atoms with Crippen molar-refractivity contribution in [1.29, 1.82) is 0 Å². The highest BCUT2D eigenvalue weighted by Gasteiger charge is 2.27. The average molecular weight is 368 g/mol. The number of benzene rings is 1. The minimum atomic E-state index is -3.50. The number of anilines is 1. The Labute approximate surface area is 151 Å². The Morgan fingerprint density at radius 3 is 2.36 bits per heavy atom. The van der Waals surface area contributed by atoms with Gasteiger partial charge in [-0.25, -0.2) is 8.42 Å². The van der Waals surface area contributed by atoms with Gasteiger partial charge in [0, 0.05) is 24.8 Å². The van der Waals surface area contributed by atoms with Gasteiger partial charge in [0.15, 0.2) is 0 Å². The molecular weight excluding hydrogens is 338 g/mol. The second-order valence-corrected chi connectivity index (χ2v) is 8.88. The van der Waals surface area contributed by atoms with Gasteiger partial charge >= 0.3 is 0 Å². The van der Waals surface area contributed by atoms with Gasteiger partial charge in [0.25, 0.3) is 0 Å². The number of amides is 1. The first-order valence-corrected chi connectivity index (χ1v) is 10.3. The lowest BCUT2D eigenvalue weighted by Gasteiger charge is -2.27. The molecule has 6 nitrogen and oxygen atoms in total. The van der Waals surface area contributed by atoms with Gasteiger partial charge in [0.1, 0.15) is 6.04 Å². The topological polar surface area (TPSA) is 78.5 Å². The van der Waals surface area contributed by atoms with Crippen LogP contribution in [0.25, 0.3) is 0 Å². The van der Waals surface area contributed by atoms with E-state index in [-0.39, 0.29) is 11.9 Å². The standard InChI is InChI=1S/C18H29N3O3S/c1-13(2)19-18(22)15(4)20-16-9-8-14(3)17(12-16)25(23,24)21-10-6-5-7-11-21/h8-9,12-13,15,20H,5-7,10-11H2,1-4H3,(H,19,22). The molecule has 1 atom stereocenters. The van der Waals surface area contributed by atoms with E-state index in [0.29, 0.717) is 23.7 Å². The van der Waals surface area contributed by atoms with Crippen LogP contribution in [0, 0.1) is 6.92 Å². The zero-order chi connectivity index (χ0) is 18.6. The monoisotopic (exact) mass is 367 g/mol. The maximum atomic E-state index is 12.9. The fourth-order valence-corrected chi connectivity index (χ4v) is 4.71. The molecule has 1 heterocycles. The number of sulfonamides is 1. The van der Waals surface area contributed by atoms with E-state index in [2.05, 4.69) is 10.6 Å². The number of hydrogen-bond donors (Lipinski definition) is 2. The molecule has 0 spiro atoms. The lowest BCUT2D eigenvalue weighted by molar-refractivity contribution is -0.122. The number of hydrogen-bond acceptors (Lipinski definition) is 4. The number of rotatable bonds is 6. The van der Waals surface area contributed by atoms with Gasteiger partial charge < -0.3 is 10.6 Å². The van der Waals surface area contributed by atoms with E-state index in [0.717, 1.165) is 24.8 Å². The van der Waals surface area contributed by atoms with E-state index >= 15 is 0 Å². The van der Waals surface area contributed by atoms with E-state index in [1.54, 1.807) is 30.3 Å². The molecule has 2 rings (SSSR count). The molecule has 2 N–H and O–H groups in total. The van der Waals surface area contributed by atoms with Gasteiger partial charge in [-0.2, -0.15) is 4.31 Å². The van der Waals surface area contributed by atoms with Crippen molar-refractivity contribution in [3.05, 3.63) is 23.8 Å². The molecule has 0 radical (unpaired) electrons. The number of nitrogens with zero attached hydrogens (tertiary/aromatic N) is 1. The minimum absolute atomic E-state index is 0.0600. The van der Waals surface area contributed by atoms with Gasteiger partial charge in [0.2, 0.25) is 15.9 Å². The van der Waals surface area contributed by atoms with E-state index in [9.17, 15) is 13.2 Å². The molecule has 1 aliphatic rings. The van der Waals surface area contributed by atoms with E-state index in [1.807, 2.05) is 19.9 Å². The number of piperidine rings is 1. The Morgan fingerprint density at radius 2 is 1.76 bits per heavy atom. The van der Waals surface area contributed by atoms with Crippen LogP contribution in [-0.4, -0.2) is 43.8 Å². The van der Waals surface area contributed by atoms with Crippen molar-refractivity contribution in [2.24, 2.45) is 0 Å². The molecular formula is C18H29N3O3S. The van der Waals surface area contributed by atoms with Crippen LogP contribution in [0.1, 0.15) is 45.6 Å². The third kappa shape index (κ3) is 4.95.